The predicted octanol–water partition coefficient (Wildman–Crippen LogP) is 7.68. The maximum Gasteiger partial charge on any atom is 0.306 e. The van der Waals surface area contributed by atoms with E-state index in [2.05, 4.69) is 20.8 Å². The summed E-state index contributed by atoms with van der Waals surface area (Å²) in [5.74, 6) is -0.101. The maximum absolute atomic E-state index is 12.4. The summed E-state index contributed by atoms with van der Waals surface area (Å²) in [4.78, 5) is 22.9. The van der Waals surface area contributed by atoms with E-state index in [1.807, 2.05) is 0 Å². The van der Waals surface area contributed by atoms with Crippen molar-refractivity contribution in [3.05, 3.63) is 0 Å². The molecule has 0 aromatic carbocycles. The molecule has 0 saturated heterocycles. The number of carbonyl (C=O) groups excluding carboxylic acids is 1. The lowest BCUT2D eigenvalue weighted by Gasteiger charge is -2.23. The van der Waals surface area contributed by atoms with E-state index in [0.717, 1.165) is 51.4 Å². The van der Waals surface area contributed by atoms with Crippen LogP contribution in [0.3, 0.4) is 0 Å². The number of ether oxygens (including phenoxy) is 1. The van der Waals surface area contributed by atoms with Crippen molar-refractivity contribution in [1.82, 2.24) is 0 Å². The molecule has 4 heteroatoms. The van der Waals surface area contributed by atoms with Gasteiger partial charge in [0.2, 0.25) is 0 Å². The van der Waals surface area contributed by atoms with Crippen LogP contribution >= 0.6 is 0 Å². The third-order valence-electron chi connectivity index (χ3n) is 5.84. The molecule has 0 saturated carbocycles. The van der Waals surface area contributed by atoms with E-state index < -0.39 is 5.97 Å². The molecule has 1 N–H and O–H groups in total. The predicted molar refractivity (Wildman–Crippen MR) is 121 cm³/mol. The van der Waals surface area contributed by atoms with Crippen molar-refractivity contribution in [2.45, 2.75) is 142 Å². The van der Waals surface area contributed by atoms with E-state index in [9.17, 15) is 9.59 Å². The minimum atomic E-state index is -0.723. The molecule has 4 nitrogen and oxygen atoms in total. The summed E-state index contributed by atoms with van der Waals surface area (Å²) >= 11 is 0. The highest BCUT2D eigenvalue weighted by Crippen LogP contribution is 2.24. The Morgan fingerprint density at radius 3 is 1.93 bits per heavy atom. The van der Waals surface area contributed by atoms with E-state index in [1.54, 1.807) is 0 Å². The van der Waals surface area contributed by atoms with Crippen molar-refractivity contribution in [3.8, 4) is 0 Å². The van der Waals surface area contributed by atoms with Gasteiger partial charge in [0, 0.05) is 12.8 Å². The van der Waals surface area contributed by atoms with Crippen LogP contribution in [0.15, 0.2) is 0 Å². The second-order valence-corrected chi connectivity index (χ2v) is 8.63. The molecule has 0 aromatic rings. The normalized spacial score (nSPS) is 13.2. The van der Waals surface area contributed by atoms with Gasteiger partial charge in [-0.15, -0.1) is 0 Å². The zero-order chi connectivity index (χ0) is 21.7. The van der Waals surface area contributed by atoms with E-state index in [0.29, 0.717) is 12.3 Å². The molecule has 2 unspecified atom stereocenters. The third kappa shape index (κ3) is 18.7. The topological polar surface area (TPSA) is 63.6 Å². The fourth-order valence-electron chi connectivity index (χ4n) is 3.87. The van der Waals surface area contributed by atoms with Crippen LogP contribution in [0, 0.1) is 5.92 Å². The van der Waals surface area contributed by atoms with Gasteiger partial charge in [-0.3, -0.25) is 9.59 Å². The van der Waals surface area contributed by atoms with Crippen LogP contribution in [-0.4, -0.2) is 23.1 Å². The van der Waals surface area contributed by atoms with E-state index in [1.165, 1.54) is 51.4 Å². The molecule has 0 heterocycles. The van der Waals surface area contributed by atoms with Gasteiger partial charge in [0.1, 0.15) is 6.10 Å². The average molecular weight is 413 g/mol. The zero-order valence-electron chi connectivity index (χ0n) is 19.6. The second-order valence-electron chi connectivity index (χ2n) is 8.63. The molecule has 0 rings (SSSR count). The van der Waals surface area contributed by atoms with Crippen molar-refractivity contribution in [1.29, 1.82) is 0 Å². The Hall–Kier alpha value is -1.06. The first kappa shape index (κ1) is 27.9. The Labute approximate surface area is 180 Å². The number of carbonyl (C=O) groups is 2. The largest absolute Gasteiger partial charge is 0.481 e. The standard InChI is InChI=1S/C25H48O4/c1-4-7-9-11-14-18-23(21-22(6-3)17-8-5-2)29-25(28)20-16-13-10-12-15-19-24(26)27/h22-23H,4-21H2,1-3H3,(H,26,27). The van der Waals surface area contributed by atoms with Crippen LogP contribution in [0.2, 0.25) is 0 Å². The second kappa shape index (κ2) is 20.2. The van der Waals surface area contributed by atoms with Gasteiger partial charge in [-0.1, -0.05) is 91.4 Å². The van der Waals surface area contributed by atoms with E-state index in [4.69, 9.17) is 9.84 Å². The van der Waals surface area contributed by atoms with Gasteiger partial charge in [-0.05, 0) is 38.0 Å². The zero-order valence-corrected chi connectivity index (χ0v) is 19.6. The van der Waals surface area contributed by atoms with E-state index >= 15 is 0 Å². The SMILES string of the molecule is CCCCCCCC(CC(CC)CCCC)OC(=O)CCCCCCCC(=O)O. The van der Waals surface area contributed by atoms with Gasteiger partial charge in [0.15, 0.2) is 0 Å². The highest BCUT2D eigenvalue weighted by atomic mass is 16.5. The highest BCUT2D eigenvalue weighted by Gasteiger charge is 2.19. The van der Waals surface area contributed by atoms with Gasteiger partial charge in [0.25, 0.3) is 0 Å². The van der Waals surface area contributed by atoms with Crippen molar-refractivity contribution in [2.24, 2.45) is 5.92 Å². The molecular weight excluding hydrogens is 364 g/mol. The minimum absolute atomic E-state index is 0.0422. The third-order valence-corrected chi connectivity index (χ3v) is 5.84. The number of unbranched alkanes of at least 4 members (excludes halogenated alkanes) is 9. The van der Waals surface area contributed by atoms with Crippen LogP contribution in [0.4, 0.5) is 0 Å². The van der Waals surface area contributed by atoms with Crippen LogP contribution in [0.25, 0.3) is 0 Å². The van der Waals surface area contributed by atoms with Gasteiger partial charge >= 0.3 is 11.9 Å². The number of rotatable bonds is 21. The van der Waals surface area contributed by atoms with Gasteiger partial charge < -0.3 is 9.84 Å². The molecule has 0 radical (unpaired) electrons. The molecule has 0 amide bonds. The summed E-state index contributed by atoms with van der Waals surface area (Å²) in [6.07, 6.45) is 18.5. The molecule has 0 spiro atoms. The number of hydrogen-bond acceptors (Lipinski definition) is 3. The molecule has 29 heavy (non-hydrogen) atoms. The number of esters is 1. The van der Waals surface area contributed by atoms with Gasteiger partial charge in [-0.25, -0.2) is 0 Å². The molecule has 0 aliphatic carbocycles. The van der Waals surface area contributed by atoms with Crippen LogP contribution in [0.5, 0.6) is 0 Å². The first-order valence-corrected chi connectivity index (χ1v) is 12.4. The molecule has 0 fully saturated rings. The van der Waals surface area contributed by atoms with Crippen LogP contribution < -0.4 is 0 Å². The molecule has 172 valence electrons. The first-order valence-electron chi connectivity index (χ1n) is 12.4. The van der Waals surface area contributed by atoms with Crippen LogP contribution in [-0.2, 0) is 14.3 Å². The lowest BCUT2D eigenvalue weighted by molar-refractivity contribution is -0.150. The molecule has 2 atom stereocenters. The van der Waals surface area contributed by atoms with E-state index in [-0.39, 0.29) is 18.5 Å². The lowest BCUT2D eigenvalue weighted by atomic mass is 9.91. The van der Waals surface area contributed by atoms with Crippen molar-refractivity contribution in [3.63, 3.8) is 0 Å². The first-order chi connectivity index (χ1) is 14.0. The molecule has 0 aromatic heterocycles. The van der Waals surface area contributed by atoms with Gasteiger partial charge in [-0.2, -0.15) is 0 Å². The Kier molecular flexibility index (Phi) is 19.5. The summed E-state index contributed by atoms with van der Waals surface area (Å²) < 4.78 is 5.91. The maximum atomic E-state index is 12.4. The molecule has 0 bridgehead atoms. The minimum Gasteiger partial charge on any atom is -0.481 e. The lowest BCUT2D eigenvalue weighted by Crippen LogP contribution is -2.21. The Morgan fingerprint density at radius 1 is 0.724 bits per heavy atom. The molecule has 0 aliphatic heterocycles. The van der Waals surface area contributed by atoms with Gasteiger partial charge in [0.05, 0.1) is 0 Å². The summed E-state index contributed by atoms with van der Waals surface area (Å²) in [5, 5.41) is 8.64. The number of carboxylic acids is 1. The summed E-state index contributed by atoms with van der Waals surface area (Å²) in [6.45, 7) is 6.72. The fraction of sp³-hybridized carbons (Fsp3) is 0.920. The Bertz CT molecular complexity index is 394. The van der Waals surface area contributed by atoms with Crippen molar-refractivity contribution in [2.75, 3.05) is 0 Å². The molecule has 0 aliphatic rings. The number of hydrogen-bond donors (Lipinski definition) is 1. The Balaban J connectivity index is 4.22. The average Bonchev–Trinajstić information content (AvgIpc) is 2.69. The number of aliphatic carboxylic acids is 1. The summed E-state index contributed by atoms with van der Waals surface area (Å²) in [7, 11) is 0. The number of carboxylic acid groups (broad SMARTS) is 1. The Morgan fingerprint density at radius 2 is 1.31 bits per heavy atom. The van der Waals surface area contributed by atoms with Crippen molar-refractivity contribution >= 4 is 11.9 Å². The fourth-order valence-corrected chi connectivity index (χ4v) is 3.87. The van der Waals surface area contributed by atoms with Crippen molar-refractivity contribution < 1.29 is 19.4 Å². The summed E-state index contributed by atoms with van der Waals surface area (Å²) in [5.41, 5.74) is 0. The molecular formula is C25H48O4. The smallest absolute Gasteiger partial charge is 0.306 e. The van der Waals surface area contributed by atoms with Crippen LogP contribution in [0.1, 0.15) is 136 Å². The quantitative estimate of drug-likeness (QED) is 0.155. The monoisotopic (exact) mass is 412 g/mol. The summed E-state index contributed by atoms with van der Waals surface area (Å²) in [6, 6.07) is 0. The highest BCUT2D eigenvalue weighted by molar-refractivity contribution is 5.69.